The van der Waals surface area contributed by atoms with Crippen LogP contribution < -0.4 is 0 Å². The molecule has 5 heteroatoms. The molecule has 4 rings (SSSR count). The Morgan fingerprint density at radius 2 is 2.04 bits per heavy atom. The van der Waals surface area contributed by atoms with Crippen LogP contribution in [0.25, 0.3) is 0 Å². The van der Waals surface area contributed by atoms with Gasteiger partial charge in [0.1, 0.15) is 0 Å². The van der Waals surface area contributed by atoms with E-state index < -0.39 is 0 Å². The molecule has 0 saturated heterocycles. The Bertz CT molecular complexity index is 532. The number of hydrogen-bond donors (Lipinski definition) is 0. The van der Waals surface area contributed by atoms with Crippen LogP contribution in [0.4, 0.5) is 0 Å². The summed E-state index contributed by atoms with van der Waals surface area (Å²) in [6.45, 7) is 4.56. The van der Waals surface area contributed by atoms with Crippen LogP contribution >= 0.6 is 0 Å². The van der Waals surface area contributed by atoms with Crippen LogP contribution in [0.5, 0.6) is 0 Å². The average molecular weight is 319 g/mol. The molecule has 2 bridgehead atoms. The van der Waals surface area contributed by atoms with Gasteiger partial charge in [0.2, 0.25) is 11.8 Å². The minimum absolute atomic E-state index is 0.667. The molecule has 1 heterocycles. The van der Waals surface area contributed by atoms with Gasteiger partial charge in [0.15, 0.2) is 0 Å². The molecular weight excluding hydrogens is 290 g/mol. The monoisotopic (exact) mass is 319 g/mol. The van der Waals surface area contributed by atoms with Crippen molar-refractivity contribution in [2.45, 2.75) is 58.0 Å². The van der Waals surface area contributed by atoms with Crippen LogP contribution in [0.2, 0.25) is 0 Å². The molecule has 0 N–H and O–H groups in total. The van der Waals surface area contributed by atoms with E-state index in [0.717, 1.165) is 55.7 Å². The van der Waals surface area contributed by atoms with Gasteiger partial charge in [-0.05, 0) is 55.8 Å². The molecule has 3 aliphatic carbocycles. The minimum atomic E-state index is 0.667. The van der Waals surface area contributed by atoms with E-state index in [-0.39, 0.29) is 0 Å². The number of nitrogens with zero attached hydrogens (tertiary/aromatic N) is 3. The van der Waals surface area contributed by atoms with E-state index in [2.05, 4.69) is 15.1 Å². The predicted molar refractivity (Wildman–Crippen MR) is 86.8 cm³/mol. The highest BCUT2D eigenvalue weighted by molar-refractivity contribution is 5.06. The molecule has 1 aromatic rings. The van der Waals surface area contributed by atoms with Crippen LogP contribution in [0.3, 0.4) is 0 Å². The van der Waals surface area contributed by atoms with Gasteiger partial charge < -0.3 is 9.15 Å². The van der Waals surface area contributed by atoms with Gasteiger partial charge in [0, 0.05) is 33.2 Å². The Morgan fingerprint density at radius 3 is 2.83 bits per heavy atom. The van der Waals surface area contributed by atoms with Gasteiger partial charge in [-0.1, -0.05) is 6.42 Å². The average Bonchev–Trinajstić information content (AvgIpc) is 3.28. The van der Waals surface area contributed by atoms with Gasteiger partial charge in [-0.25, -0.2) is 0 Å². The van der Waals surface area contributed by atoms with E-state index in [1.807, 2.05) is 6.92 Å². The van der Waals surface area contributed by atoms with Crippen molar-refractivity contribution in [3.63, 3.8) is 0 Å². The number of methoxy groups -OCH3 is 1. The SMILES string of the molecule is COCCCN(Cc1nnc(C)o1)C1CC2CC1C1CCCC21. The van der Waals surface area contributed by atoms with Crippen molar-refractivity contribution in [1.29, 1.82) is 0 Å². The summed E-state index contributed by atoms with van der Waals surface area (Å²) in [4.78, 5) is 2.62. The smallest absolute Gasteiger partial charge is 0.230 e. The molecule has 3 aliphatic rings. The third-order valence-electron chi connectivity index (χ3n) is 6.56. The third-order valence-corrected chi connectivity index (χ3v) is 6.56. The molecule has 5 nitrogen and oxygen atoms in total. The zero-order valence-electron chi connectivity index (χ0n) is 14.4. The lowest BCUT2D eigenvalue weighted by Crippen LogP contribution is -2.43. The first-order chi connectivity index (χ1) is 11.3. The van der Waals surface area contributed by atoms with Crippen molar-refractivity contribution in [2.24, 2.45) is 23.7 Å². The number of aryl methyl sites for hydroxylation is 1. The van der Waals surface area contributed by atoms with Crippen LogP contribution in [0.15, 0.2) is 4.42 Å². The molecule has 0 aromatic carbocycles. The lowest BCUT2D eigenvalue weighted by atomic mass is 9.78. The summed E-state index contributed by atoms with van der Waals surface area (Å²) in [5.74, 6) is 5.35. The topological polar surface area (TPSA) is 51.4 Å². The van der Waals surface area contributed by atoms with Gasteiger partial charge in [-0.3, -0.25) is 4.90 Å². The van der Waals surface area contributed by atoms with Crippen LogP contribution in [0.1, 0.15) is 50.3 Å². The van der Waals surface area contributed by atoms with Crippen molar-refractivity contribution in [1.82, 2.24) is 15.1 Å². The fourth-order valence-electron chi connectivity index (χ4n) is 5.80. The molecule has 128 valence electrons. The molecule has 0 spiro atoms. The van der Waals surface area contributed by atoms with E-state index in [1.54, 1.807) is 7.11 Å². The van der Waals surface area contributed by atoms with Crippen molar-refractivity contribution in [3.05, 3.63) is 11.8 Å². The Labute approximate surface area is 138 Å². The summed E-state index contributed by atoms with van der Waals surface area (Å²) in [5.41, 5.74) is 0. The highest BCUT2D eigenvalue weighted by Gasteiger charge is 2.54. The Morgan fingerprint density at radius 1 is 1.17 bits per heavy atom. The van der Waals surface area contributed by atoms with Gasteiger partial charge in [0.25, 0.3) is 0 Å². The van der Waals surface area contributed by atoms with E-state index >= 15 is 0 Å². The van der Waals surface area contributed by atoms with E-state index in [4.69, 9.17) is 9.15 Å². The predicted octanol–water partition coefficient (Wildman–Crippen LogP) is 3.04. The minimum Gasteiger partial charge on any atom is -0.424 e. The lowest BCUT2D eigenvalue weighted by Gasteiger charge is -2.38. The molecule has 5 unspecified atom stereocenters. The number of ether oxygens (including phenoxy) is 1. The third kappa shape index (κ3) is 2.93. The molecule has 0 radical (unpaired) electrons. The number of fused-ring (bicyclic) bond motifs is 5. The van der Waals surface area contributed by atoms with Gasteiger partial charge in [-0.15, -0.1) is 10.2 Å². The first-order valence-electron chi connectivity index (χ1n) is 9.28. The second-order valence-electron chi connectivity index (χ2n) is 7.75. The fourth-order valence-corrected chi connectivity index (χ4v) is 5.80. The second kappa shape index (κ2) is 6.52. The Balaban J connectivity index is 1.46. The summed E-state index contributed by atoms with van der Waals surface area (Å²) in [5, 5.41) is 8.22. The van der Waals surface area contributed by atoms with Crippen LogP contribution in [0, 0.1) is 30.6 Å². The molecule has 3 fully saturated rings. The van der Waals surface area contributed by atoms with E-state index in [9.17, 15) is 0 Å². The molecule has 1 aromatic heterocycles. The second-order valence-corrected chi connectivity index (χ2v) is 7.75. The Hall–Kier alpha value is -0.940. The summed E-state index contributed by atoms with van der Waals surface area (Å²) in [7, 11) is 1.78. The van der Waals surface area contributed by atoms with Gasteiger partial charge in [0.05, 0.1) is 6.54 Å². The normalized spacial score (nSPS) is 35.3. The van der Waals surface area contributed by atoms with Crippen molar-refractivity contribution < 1.29 is 9.15 Å². The van der Waals surface area contributed by atoms with Gasteiger partial charge >= 0.3 is 0 Å². The fraction of sp³-hybridized carbons (Fsp3) is 0.889. The largest absolute Gasteiger partial charge is 0.424 e. The molecule has 0 amide bonds. The molecule has 3 saturated carbocycles. The summed E-state index contributed by atoms with van der Waals surface area (Å²) in [6, 6.07) is 0.711. The first kappa shape index (κ1) is 15.6. The zero-order valence-corrected chi connectivity index (χ0v) is 14.4. The maximum Gasteiger partial charge on any atom is 0.230 e. The highest BCUT2D eigenvalue weighted by Crippen LogP contribution is 2.59. The Kier molecular flexibility index (Phi) is 4.41. The lowest BCUT2D eigenvalue weighted by molar-refractivity contribution is 0.0710. The van der Waals surface area contributed by atoms with Crippen LogP contribution in [-0.2, 0) is 11.3 Å². The highest BCUT2D eigenvalue weighted by atomic mass is 16.5. The number of hydrogen-bond acceptors (Lipinski definition) is 5. The van der Waals surface area contributed by atoms with Crippen LogP contribution in [-0.4, -0.2) is 41.4 Å². The summed E-state index contributed by atoms with van der Waals surface area (Å²) >= 11 is 0. The van der Waals surface area contributed by atoms with Crippen molar-refractivity contribution in [3.8, 4) is 0 Å². The molecular formula is C18H29N3O2. The first-order valence-corrected chi connectivity index (χ1v) is 9.28. The maximum absolute atomic E-state index is 5.65. The van der Waals surface area contributed by atoms with E-state index in [0.29, 0.717) is 11.9 Å². The summed E-state index contributed by atoms with van der Waals surface area (Å²) < 4.78 is 10.9. The standard InChI is InChI=1S/C18H29N3O2/c1-12-19-20-18(23-12)11-21(7-4-8-22-2)17-10-13-9-16(17)15-6-3-5-14(13)15/h13-17H,3-11H2,1-2H3. The zero-order chi connectivity index (χ0) is 15.8. The quantitative estimate of drug-likeness (QED) is 0.723. The van der Waals surface area contributed by atoms with Gasteiger partial charge in [-0.2, -0.15) is 0 Å². The molecule has 5 atom stereocenters. The number of rotatable bonds is 7. The van der Waals surface area contributed by atoms with Crippen molar-refractivity contribution >= 4 is 0 Å². The number of aromatic nitrogens is 2. The molecule has 0 aliphatic heterocycles. The van der Waals surface area contributed by atoms with E-state index in [1.165, 1.54) is 32.1 Å². The summed E-state index contributed by atoms with van der Waals surface area (Å²) in [6.07, 6.45) is 8.34. The maximum atomic E-state index is 5.65. The molecule has 23 heavy (non-hydrogen) atoms. The van der Waals surface area contributed by atoms with Crippen molar-refractivity contribution in [2.75, 3.05) is 20.3 Å².